The van der Waals surface area contributed by atoms with Gasteiger partial charge in [-0.1, -0.05) is 32.3 Å². The Bertz CT molecular complexity index is 416. The zero-order valence-corrected chi connectivity index (χ0v) is 13.8. The Hall–Kier alpha value is -1.02. The van der Waals surface area contributed by atoms with Crippen molar-refractivity contribution in [2.75, 3.05) is 13.2 Å². The maximum Gasteiger partial charge on any atom is 0.119 e. The smallest absolute Gasteiger partial charge is 0.119 e. The molecule has 0 aromatic heterocycles. The van der Waals surface area contributed by atoms with E-state index in [0.29, 0.717) is 6.04 Å². The van der Waals surface area contributed by atoms with Crippen molar-refractivity contribution in [3.63, 3.8) is 0 Å². The predicted molar refractivity (Wildman–Crippen MR) is 90.2 cm³/mol. The number of benzene rings is 1. The summed E-state index contributed by atoms with van der Waals surface area (Å²) in [6.45, 7) is 6.22. The summed E-state index contributed by atoms with van der Waals surface area (Å²) in [4.78, 5) is 0. The Morgan fingerprint density at radius 2 is 1.95 bits per heavy atom. The molecule has 1 aliphatic carbocycles. The number of unbranched alkanes of at least 4 members (excludes halogenated alkanes) is 2. The second-order valence-electron chi connectivity index (χ2n) is 6.34. The van der Waals surface area contributed by atoms with Crippen molar-refractivity contribution in [1.82, 2.24) is 5.32 Å². The summed E-state index contributed by atoms with van der Waals surface area (Å²) in [5.74, 6) is 1.04. The van der Waals surface area contributed by atoms with Crippen molar-refractivity contribution in [3.05, 3.63) is 29.3 Å². The van der Waals surface area contributed by atoms with Crippen LogP contribution in [0.2, 0.25) is 0 Å². The largest absolute Gasteiger partial charge is 0.492 e. The molecule has 0 bridgehead atoms. The van der Waals surface area contributed by atoms with Gasteiger partial charge in [-0.3, -0.25) is 0 Å². The Labute approximate surface area is 130 Å². The molecule has 0 spiro atoms. The van der Waals surface area contributed by atoms with Gasteiger partial charge in [0.05, 0.1) is 0 Å². The molecule has 0 fully saturated rings. The van der Waals surface area contributed by atoms with Gasteiger partial charge in [-0.25, -0.2) is 0 Å². The average molecular weight is 289 g/mol. The van der Waals surface area contributed by atoms with E-state index in [1.165, 1.54) is 62.5 Å². The third-order valence-corrected chi connectivity index (χ3v) is 4.42. The average Bonchev–Trinajstić information content (AvgIpc) is 2.52. The Balaban J connectivity index is 1.64. The van der Waals surface area contributed by atoms with Crippen molar-refractivity contribution in [1.29, 1.82) is 0 Å². The Morgan fingerprint density at radius 1 is 1.14 bits per heavy atom. The molecule has 21 heavy (non-hydrogen) atoms. The number of hydrogen-bond donors (Lipinski definition) is 1. The minimum Gasteiger partial charge on any atom is -0.492 e. The molecule has 1 atom stereocenters. The van der Waals surface area contributed by atoms with Crippen LogP contribution in [0.25, 0.3) is 0 Å². The van der Waals surface area contributed by atoms with Crippen molar-refractivity contribution < 1.29 is 4.74 Å². The third-order valence-electron chi connectivity index (χ3n) is 4.42. The van der Waals surface area contributed by atoms with Crippen LogP contribution in [0.5, 0.6) is 5.75 Å². The van der Waals surface area contributed by atoms with Crippen LogP contribution in [-0.4, -0.2) is 19.2 Å². The van der Waals surface area contributed by atoms with E-state index in [-0.39, 0.29) is 0 Å². The monoisotopic (exact) mass is 289 g/mol. The summed E-state index contributed by atoms with van der Waals surface area (Å²) >= 11 is 0. The zero-order chi connectivity index (χ0) is 14.9. The number of nitrogens with one attached hydrogen (secondary N) is 1. The van der Waals surface area contributed by atoms with Crippen LogP contribution in [-0.2, 0) is 12.8 Å². The summed E-state index contributed by atoms with van der Waals surface area (Å²) < 4.78 is 5.89. The van der Waals surface area contributed by atoms with Crippen LogP contribution in [0.3, 0.4) is 0 Å². The highest BCUT2D eigenvalue weighted by Gasteiger charge is 2.09. The van der Waals surface area contributed by atoms with Crippen LogP contribution in [0, 0.1) is 0 Å². The summed E-state index contributed by atoms with van der Waals surface area (Å²) in [7, 11) is 0. The van der Waals surface area contributed by atoms with E-state index in [4.69, 9.17) is 4.74 Å². The lowest BCUT2D eigenvalue weighted by Gasteiger charge is -2.17. The summed E-state index contributed by atoms with van der Waals surface area (Å²) in [6.07, 6.45) is 10.4. The van der Waals surface area contributed by atoms with Gasteiger partial charge in [-0.15, -0.1) is 0 Å². The normalized spacial score (nSPS) is 15.5. The van der Waals surface area contributed by atoms with Crippen LogP contribution < -0.4 is 10.1 Å². The molecule has 2 nitrogen and oxygen atoms in total. The maximum absolute atomic E-state index is 5.89. The number of fused-ring (bicyclic) bond motifs is 1. The molecule has 0 aliphatic heterocycles. The van der Waals surface area contributed by atoms with Crippen LogP contribution >= 0.6 is 0 Å². The SMILES string of the molecule is CCCCCC(C)NCCOc1ccc2c(c1)CCCC2. The van der Waals surface area contributed by atoms with E-state index in [0.717, 1.165) is 18.9 Å². The summed E-state index contributed by atoms with van der Waals surface area (Å²) in [5.41, 5.74) is 3.02. The molecule has 1 aliphatic rings. The number of hydrogen-bond acceptors (Lipinski definition) is 2. The second kappa shape index (κ2) is 9.09. The van der Waals surface area contributed by atoms with Gasteiger partial charge in [0.25, 0.3) is 0 Å². The Kier molecular flexibility index (Phi) is 7.08. The van der Waals surface area contributed by atoms with Crippen molar-refractivity contribution >= 4 is 0 Å². The fraction of sp³-hybridized carbons (Fsp3) is 0.684. The molecular weight excluding hydrogens is 258 g/mol. The molecule has 1 unspecified atom stereocenters. The van der Waals surface area contributed by atoms with E-state index >= 15 is 0 Å². The molecule has 1 aromatic carbocycles. The zero-order valence-electron chi connectivity index (χ0n) is 13.8. The van der Waals surface area contributed by atoms with E-state index in [2.05, 4.69) is 37.4 Å². The lowest BCUT2D eigenvalue weighted by atomic mass is 9.92. The minimum absolute atomic E-state index is 0.601. The van der Waals surface area contributed by atoms with Gasteiger partial charge in [0.2, 0.25) is 0 Å². The molecule has 0 amide bonds. The van der Waals surface area contributed by atoms with Gasteiger partial charge in [-0.05, 0) is 62.3 Å². The molecule has 118 valence electrons. The molecule has 2 heteroatoms. The van der Waals surface area contributed by atoms with Crippen molar-refractivity contribution in [2.45, 2.75) is 71.3 Å². The van der Waals surface area contributed by atoms with Crippen LogP contribution in [0.4, 0.5) is 0 Å². The first-order valence-corrected chi connectivity index (χ1v) is 8.77. The van der Waals surface area contributed by atoms with E-state index in [1.807, 2.05) is 0 Å². The molecular formula is C19H31NO. The second-order valence-corrected chi connectivity index (χ2v) is 6.34. The molecule has 1 aromatic rings. The first-order chi connectivity index (χ1) is 10.3. The van der Waals surface area contributed by atoms with Crippen LogP contribution in [0.15, 0.2) is 18.2 Å². The van der Waals surface area contributed by atoms with Crippen LogP contribution in [0.1, 0.15) is 63.5 Å². The first-order valence-electron chi connectivity index (χ1n) is 8.77. The minimum atomic E-state index is 0.601. The number of aryl methyl sites for hydroxylation is 2. The van der Waals surface area contributed by atoms with E-state index < -0.39 is 0 Å². The van der Waals surface area contributed by atoms with Gasteiger partial charge >= 0.3 is 0 Å². The fourth-order valence-electron chi connectivity index (χ4n) is 3.08. The standard InChI is InChI=1S/C19H31NO/c1-3-4-5-8-16(2)20-13-14-21-19-12-11-17-9-6-7-10-18(17)15-19/h11-12,15-16,20H,3-10,13-14H2,1-2H3. The van der Waals surface area contributed by atoms with Crippen molar-refractivity contribution in [3.8, 4) is 5.75 Å². The molecule has 0 saturated carbocycles. The molecule has 0 radical (unpaired) electrons. The quantitative estimate of drug-likeness (QED) is 0.676. The highest BCUT2D eigenvalue weighted by molar-refractivity contribution is 5.37. The maximum atomic E-state index is 5.89. The van der Waals surface area contributed by atoms with E-state index in [1.54, 1.807) is 0 Å². The molecule has 0 heterocycles. The highest BCUT2D eigenvalue weighted by atomic mass is 16.5. The summed E-state index contributed by atoms with van der Waals surface area (Å²) in [6, 6.07) is 7.24. The summed E-state index contributed by atoms with van der Waals surface area (Å²) in [5, 5.41) is 3.55. The topological polar surface area (TPSA) is 21.3 Å². The first kappa shape index (κ1) is 16.4. The number of rotatable bonds is 9. The van der Waals surface area contributed by atoms with E-state index in [9.17, 15) is 0 Å². The Morgan fingerprint density at radius 3 is 2.76 bits per heavy atom. The highest BCUT2D eigenvalue weighted by Crippen LogP contribution is 2.25. The molecule has 1 N–H and O–H groups in total. The lowest BCUT2D eigenvalue weighted by Crippen LogP contribution is -2.30. The number of ether oxygens (including phenoxy) is 1. The van der Waals surface area contributed by atoms with Gasteiger partial charge in [0.1, 0.15) is 12.4 Å². The molecule has 0 saturated heterocycles. The van der Waals surface area contributed by atoms with Crippen molar-refractivity contribution in [2.24, 2.45) is 0 Å². The fourth-order valence-corrected chi connectivity index (χ4v) is 3.08. The third kappa shape index (κ3) is 5.70. The van der Waals surface area contributed by atoms with Gasteiger partial charge in [-0.2, -0.15) is 0 Å². The van der Waals surface area contributed by atoms with Gasteiger partial charge < -0.3 is 10.1 Å². The molecule has 2 rings (SSSR count). The van der Waals surface area contributed by atoms with Gasteiger partial charge in [0, 0.05) is 12.6 Å². The predicted octanol–water partition coefficient (Wildman–Crippen LogP) is 4.50. The lowest BCUT2D eigenvalue weighted by molar-refractivity contribution is 0.303. The van der Waals surface area contributed by atoms with Gasteiger partial charge in [0.15, 0.2) is 0 Å².